The molecule has 18 heavy (non-hydrogen) atoms. The first-order valence-corrected chi connectivity index (χ1v) is 5.83. The van der Waals surface area contributed by atoms with E-state index in [1.165, 1.54) is 4.90 Å². The minimum atomic E-state index is -0.483. The molecule has 0 radical (unpaired) electrons. The van der Waals surface area contributed by atoms with E-state index in [1.54, 1.807) is 18.2 Å². The number of terminal acetylenes is 1. The number of hydrogen-bond donors (Lipinski definition) is 1. The van der Waals surface area contributed by atoms with Crippen molar-refractivity contribution < 1.29 is 4.79 Å². The Hall–Kier alpha value is -1.70. The van der Waals surface area contributed by atoms with Gasteiger partial charge in [0.25, 0.3) is 0 Å². The quantitative estimate of drug-likeness (QED) is 0.847. The number of halogens is 2. The SMILES string of the molecule is C#CCN1C(=O)N=C(N)C1c1ccc(Cl)c(Cl)c1. The van der Waals surface area contributed by atoms with E-state index < -0.39 is 12.1 Å². The Morgan fingerprint density at radius 1 is 1.44 bits per heavy atom. The van der Waals surface area contributed by atoms with Crippen LogP contribution in [0.2, 0.25) is 10.0 Å². The molecular formula is C12H9Cl2N3O. The Kier molecular flexibility index (Phi) is 3.46. The summed E-state index contributed by atoms with van der Waals surface area (Å²) >= 11 is 11.8. The van der Waals surface area contributed by atoms with Crippen LogP contribution in [0, 0.1) is 12.3 Å². The molecule has 0 aliphatic carbocycles. The summed E-state index contributed by atoms with van der Waals surface area (Å²) in [4.78, 5) is 16.7. The maximum Gasteiger partial charge on any atom is 0.346 e. The third kappa shape index (κ3) is 2.15. The predicted octanol–water partition coefficient (Wildman–Crippen LogP) is 2.46. The Balaban J connectivity index is 2.41. The fourth-order valence-corrected chi connectivity index (χ4v) is 2.10. The molecule has 0 saturated carbocycles. The van der Waals surface area contributed by atoms with Crippen molar-refractivity contribution in [1.82, 2.24) is 4.90 Å². The molecule has 4 nitrogen and oxygen atoms in total. The van der Waals surface area contributed by atoms with E-state index in [0.717, 1.165) is 5.56 Å². The molecule has 1 aliphatic heterocycles. The lowest BCUT2D eigenvalue weighted by atomic mass is 10.1. The van der Waals surface area contributed by atoms with Gasteiger partial charge in [0.1, 0.15) is 11.9 Å². The molecule has 1 unspecified atom stereocenters. The Labute approximate surface area is 114 Å². The van der Waals surface area contributed by atoms with Gasteiger partial charge in [0.05, 0.1) is 16.6 Å². The third-order valence-electron chi connectivity index (χ3n) is 2.58. The van der Waals surface area contributed by atoms with Crippen LogP contribution in [0.4, 0.5) is 4.79 Å². The Morgan fingerprint density at radius 3 is 2.78 bits per heavy atom. The molecular weight excluding hydrogens is 273 g/mol. The first-order valence-electron chi connectivity index (χ1n) is 5.07. The zero-order valence-corrected chi connectivity index (χ0v) is 10.7. The summed E-state index contributed by atoms with van der Waals surface area (Å²) in [6.07, 6.45) is 5.23. The summed E-state index contributed by atoms with van der Waals surface area (Å²) < 4.78 is 0. The highest BCUT2D eigenvalue weighted by atomic mass is 35.5. The number of aliphatic imine (C=N–C) groups is 1. The van der Waals surface area contributed by atoms with E-state index >= 15 is 0 Å². The number of rotatable bonds is 2. The van der Waals surface area contributed by atoms with Crippen molar-refractivity contribution in [3.8, 4) is 12.3 Å². The topological polar surface area (TPSA) is 58.7 Å². The highest BCUT2D eigenvalue weighted by molar-refractivity contribution is 6.42. The number of hydrogen-bond acceptors (Lipinski definition) is 2. The van der Waals surface area contributed by atoms with Crippen molar-refractivity contribution in [2.45, 2.75) is 6.04 Å². The van der Waals surface area contributed by atoms with Crippen LogP contribution in [0.5, 0.6) is 0 Å². The van der Waals surface area contributed by atoms with Gasteiger partial charge in [-0.15, -0.1) is 6.42 Å². The van der Waals surface area contributed by atoms with Crippen molar-refractivity contribution in [3.63, 3.8) is 0 Å². The number of amides is 2. The molecule has 1 atom stereocenters. The lowest BCUT2D eigenvalue weighted by Crippen LogP contribution is -2.33. The molecule has 1 aromatic rings. The molecule has 2 rings (SSSR count). The fraction of sp³-hybridized carbons (Fsp3) is 0.167. The average molecular weight is 282 g/mol. The maximum absolute atomic E-state index is 11.6. The van der Waals surface area contributed by atoms with Crippen molar-refractivity contribution >= 4 is 35.1 Å². The van der Waals surface area contributed by atoms with Gasteiger partial charge in [-0.1, -0.05) is 35.2 Å². The summed E-state index contributed by atoms with van der Waals surface area (Å²) in [6.45, 7) is 0.133. The van der Waals surface area contributed by atoms with E-state index in [9.17, 15) is 4.79 Å². The lowest BCUT2D eigenvalue weighted by Gasteiger charge is -2.22. The van der Waals surface area contributed by atoms with Gasteiger partial charge in [-0.25, -0.2) is 4.79 Å². The van der Waals surface area contributed by atoms with Crippen LogP contribution >= 0.6 is 23.2 Å². The van der Waals surface area contributed by atoms with Crippen molar-refractivity contribution in [2.75, 3.05) is 6.54 Å². The molecule has 1 aromatic carbocycles. The maximum atomic E-state index is 11.6. The second-order valence-corrected chi connectivity index (χ2v) is 4.54. The van der Waals surface area contributed by atoms with E-state index in [0.29, 0.717) is 10.0 Å². The second-order valence-electron chi connectivity index (χ2n) is 3.73. The molecule has 6 heteroatoms. The number of urea groups is 1. The van der Waals surface area contributed by atoms with Gasteiger partial charge < -0.3 is 5.73 Å². The number of nitrogens with zero attached hydrogens (tertiary/aromatic N) is 2. The molecule has 0 saturated heterocycles. The fourth-order valence-electron chi connectivity index (χ4n) is 1.80. The molecule has 2 amide bonds. The van der Waals surface area contributed by atoms with E-state index in [-0.39, 0.29) is 12.4 Å². The van der Waals surface area contributed by atoms with Gasteiger partial charge in [-0.2, -0.15) is 4.99 Å². The van der Waals surface area contributed by atoms with Crippen LogP contribution in [-0.2, 0) is 0 Å². The molecule has 0 aromatic heterocycles. The summed E-state index contributed by atoms with van der Waals surface area (Å²) in [5, 5.41) is 0.825. The van der Waals surface area contributed by atoms with Crippen LogP contribution in [0.3, 0.4) is 0 Å². The van der Waals surface area contributed by atoms with Gasteiger partial charge in [-0.05, 0) is 17.7 Å². The lowest BCUT2D eigenvalue weighted by molar-refractivity contribution is 0.213. The number of carbonyl (C=O) groups is 1. The minimum absolute atomic E-state index is 0.133. The largest absolute Gasteiger partial charge is 0.385 e. The molecule has 2 N–H and O–H groups in total. The molecule has 1 aliphatic rings. The minimum Gasteiger partial charge on any atom is -0.385 e. The predicted molar refractivity (Wildman–Crippen MR) is 71.8 cm³/mol. The van der Waals surface area contributed by atoms with Crippen molar-refractivity contribution in [3.05, 3.63) is 33.8 Å². The van der Waals surface area contributed by atoms with Crippen LogP contribution in [0.1, 0.15) is 11.6 Å². The average Bonchev–Trinajstić information content (AvgIpc) is 2.59. The smallest absolute Gasteiger partial charge is 0.346 e. The number of benzene rings is 1. The van der Waals surface area contributed by atoms with Crippen LogP contribution in [0.25, 0.3) is 0 Å². The summed E-state index contributed by atoms with van der Waals surface area (Å²) in [5.41, 5.74) is 6.48. The van der Waals surface area contributed by atoms with Gasteiger partial charge in [-0.3, -0.25) is 4.90 Å². The molecule has 92 valence electrons. The Morgan fingerprint density at radius 2 is 2.17 bits per heavy atom. The van der Waals surface area contributed by atoms with Gasteiger partial charge in [0.2, 0.25) is 0 Å². The third-order valence-corrected chi connectivity index (χ3v) is 3.32. The first-order chi connectivity index (χ1) is 8.54. The van der Waals surface area contributed by atoms with Gasteiger partial charge in [0.15, 0.2) is 0 Å². The standard InChI is InChI=1S/C12H9Cl2N3O/c1-2-5-17-10(11(15)16-12(17)18)7-3-4-8(13)9(14)6-7/h1,3-4,6,10H,5H2,(H2,15,16,18). The Bertz CT molecular complexity index is 577. The molecule has 0 bridgehead atoms. The van der Waals surface area contributed by atoms with Gasteiger partial charge in [0, 0.05) is 0 Å². The summed E-state index contributed by atoms with van der Waals surface area (Å²) in [5.74, 6) is 2.61. The van der Waals surface area contributed by atoms with Crippen LogP contribution in [0.15, 0.2) is 23.2 Å². The number of amidine groups is 1. The van der Waals surface area contributed by atoms with E-state index in [4.69, 9.17) is 35.4 Å². The molecule has 0 spiro atoms. The zero-order chi connectivity index (χ0) is 13.3. The summed E-state index contributed by atoms with van der Waals surface area (Å²) in [7, 11) is 0. The zero-order valence-electron chi connectivity index (χ0n) is 9.23. The van der Waals surface area contributed by atoms with Crippen LogP contribution < -0.4 is 5.73 Å². The van der Waals surface area contributed by atoms with Crippen molar-refractivity contribution in [1.29, 1.82) is 0 Å². The highest BCUT2D eigenvalue weighted by Crippen LogP contribution is 2.31. The van der Waals surface area contributed by atoms with E-state index in [2.05, 4.69) is 10.9 Å². The summed E-state index contributed by atoms with van der Waals surface area (Å²) in [6, 6.07) is 4.11. The molecule has 0 fully saturated rings. The highest BCUT2D eigenvalue weighted by Gasteiger charge is 2.34. The van der Waals surface area contributed by atoms with Gasteiger partial charge >= 0.3 is 6.03 Å². The monoisotopic (exact) mass is 281 g/mol. The molecule has 1 heterocycles. The first kappa shape index (κ1) is 12.7. The van der Waals surface area contributed by atoms with E-state index in [1.807, 2.05) is 0 Å². The number of carbonyl (C=O) groups excluding carboxylic acids is 1. The van der Waals surface area contributed by atoms with Crippen LogP contribution in [-0.4, -0.2) is 23.3 Å². The normalized spacial score (nSPS) is 18.7. The second kappa shape index (κ2) is 4.89. The van der Waals surface area contributed by atoms with Crippen molar-refractivity contribution in [2.24, 2.45) is 10.7 Å². The number of nitrogens with two attached hydrogens (primary N) is 1.